The van der Waals surface area contributed by atoms with E-state index in [0.717, 1.165) is 31.9 Å². The largest absolute Gasteiger partial charge is 0.486 e. The molecule has 1 saturated carbocycles. The number of amides is 2. The number of hydrogen-bond donors (Lipinski definition) is 1. The molecule has 2 aromatic rings. The Bertz CT molecular complexity index is 1370. The van der Waals surface area contributed by atoms with Gasteiger partial charge >= 0.3 is 0 Å². The number of sulfonamides is 1. The first kappa shape index (κ1) is 32.2. The van der Waals surface area contributed by atoms with E-state index in [0.29, 0.717) is 52.4 Å². The lowest BCUT2D eigenvalue weighted by atomic mass is 9.95. The molecule has 42 heavy (non-hydrogen) atoms. The fraction of sp³-hybridized carbons (Fsp3) is 0.533. The van der Waals surface area contributed by atoms with Crippen LogP contribution in [0.3, 0.4) is 0 Å². The molecule has 0 saturated heterocycles. The third-order valence-corrected chi connectivity index (χ3v) is 9.44. The SMILES string of the molecule is CCC(C(=O)NC1CCCCC1)N(Cc1ccc(Cl)cc1Cl)C(=O)CCCN(c1ccc2c(c1)OCCO2)S(C)(=O)=O. The highest BCUT2D eigenvalue weighted by Gasteiger charge is 2.31. The van der Waals surface area contributed by atoms with Gasteiger partial charge in [0.2, 0.25) is 21.8 Å². The van der Waals surface area contributed by atoms with Gasteiger partial charge < -0.3 is 19.7 Å². The van der Waals surface area contributed by atoms with Crippen LogP contribution in [0.25, 0.3) is 0 Å². The molecule has 1 N–H and O–H groups in total. The Hall–Kier alpha value is -2.69. The average molecular weight is 641 g/mol. The summed E-state index contributed by atoms with van der Waals surface area (Å²) in [5, 5.41) is 4.04. The van der Waals surface area contributed by atoms with Crippen LogP contribution >= 0.6 is 23.2 Å². The van der Waals surface area contributed by atoms with E-state index in [1.807, 2.05) is 6.92 Å². The zero-order chi connectivity index (χ0) is 30.3. The molecule has 4 rings (SSSR count). The lowest BCUT2D eigenvalue weighted by molar-refractivity contribution is -0.141. The van der Waals surface area contributed by atoms with Crippen LogP contribution in [0.5, 0.6) is 11.5 Å². The van der Waals surface area contributed by atoms with E-state index in [1.165, 1.54) is 10.7 Å². The van der Waals surface area contributed by atoms with Crippen LogP contribution < -0.4 is 19.1 Å². The maximum Gasteiger partial charge on any atom is 0.243 e. The highest BCUT2D eigenvalue weighted by Crippen LogP contribution is 2.35. The van der Waals surface area contributed by atoms with Crippen LogP contribution in [-0.2, 0) is 26.2 Å². The first-order valence-electron chi connectivity index (χ1n) is 14.5. The molecule has 2 amide bonds. The second-order valence-corrected chi connectivity index (χ2v) is 13.5. The van der Waals surface area contributed by atoms with Crippen LogP contribution in [0.1, 0.15) is 63.9 Å². The standard InChI is InChI=1S/C30H39Cl2N3O6S/c1-3-26(30(37)33-23-8-5-4-6-9-23)34(20-21-11-12-22(31)18-25(21)32)29(36)10-7-15-35(42(2,38)39)24-13-14-27-28(19-24)41-17-16-40-27/h11-14,18-19,23,26H,3-10,15-17,20H2,1-2H3,(H,33,37). The molecule has 230 valence electrons. The Morgan fingerprint density at radius 1 is 1.02 bits per heavy atom. The summed E-state index contributed by atoms with van der Waals surface area (Å²) in [7, 11) is -3.65. The smallest absolute Gasteiger partial charge is 0.243 e. The van der Waals surface area contributed by atoms with Crippen LogP contribution in [0.15, 0.2) is 36.4 Å². The molecule has 1 heterocycles. The van der Waals surface area contributed by atoms with Gasteiger partial charge in [0.25, 0.3) is 0 Å². The third kappa shape index (κ3) is 8.45. The highest BCUT2D eigenvalue weighted by atomic mass is 35.5. The van der Waals surface area contributed by atoms with Crippen molar-refractivity contribution < 1.29 is 27.5 Å². The van der Waals surface area contributed by atoms with Crippen molar-refractivity contribution in [1.29, 1.82) is 0 Å². The Balaban J connectivity index is 1.50. The van der Waals surface area contributed by atoms with Gasteiger partial charge in [0.1, 0.15) is 19.3 Å². The number of carbonyl (C=O) groups is 2. The van der Waals surface area contributed by atoms with Crippen molar-refractivity contribution in [1.82, 2.24) is 10.2 Å². The summed E-state index contributed by atoms with van der Waals surface area (Å²) in [6, 6.07) is 9.45. The van der Waals surface area contributed by atoms with Crippen LogP contribution in [-0.4, -0.2) is 63.2 Å². The molecule has 0 spiro atoms. The van der Waals surface area contributed by atoms with Gasteiger partial charge in [-0.05, 0) is 55.5 Å². The minimum Gasteiger partial charge on any atom is -0.486 e. The van der Waals surface area contributed by atoms with E-state index in [9.17, 15) is 18.0 Å². The maximum absolute atomic E-state index is 13.8. The number of nitrogens with one attached hydrogen (secondary N) is 1. The molecule has 9 nitrogen and oxygen atoms in total. The normalized spacial score (nSPS) is 16.0. The number of halogens is 2. The quantitative estimate of drug-likeness (QED) is 0.326. The van der Waals surface area contributed by atoms with Crippen molar-refractivity contribution in [2.75, 3.05) is 30.3 Å². The van der Waals surface area contributed by atoms with Crippen LogP contribution in [0, 0.1) is 0 Å². The van der Waals surface area contributed by atoms with Gasteiger partial charge in [0.05, 0.1) is 11.9 Å². The minimum absolute atomic E-state index is 0.0367. The molecule has 2 aliphatic rings. The first-order valence-corrected chi connectivity index (χ1v) is 17.1. The van der Waals surface area contributed by atoms with Gasteiger partial charge in [-0.25, -0.2) is 8.42 Å². The third-order valence-electron chi connectivity index (χ3n) is 7.66. The van der Waals surface area contributed by atoms with Crippen LogP contribution in [0.4, 0.5) is 5.69 Å². The predicted octanol–water partition coefficient (Wildman–Crippen LogP) is 5.57. The predicted molar refractivity (Wildman–Crippen MR) is 165 cm³/mol. The Morgan fingerprint density at radius 2 is 1.74 bits per heavy atom. The second kappa shape index (κ2) is 14.7. The summed E-state index contributed by atoms with van der Waals surface area (Å²) in [5.41, 5.74) is 1.10. The maximum atomic E-state index is 13.8. The van der Waals surface area contributed by atoms with Gasteiger partial charge in [-0.15, -0.1) is 0 Å². The molecule has 0 bridgehead atoms. The molecule has 1 atom stereocenters. The summed E-state index contributed by atoms with van der Waals surface area (Å²) in [6.07, 6.45) is 7.00. The van der Waals surface area contributed by atoms with Gasteiger partial charge in [0.15, 0.2) is 11.5 Å². The van der Waals surface area contributed by atoms with Crippen molar-refractivity contribution in [3.63, 3.8) is 0 Å². The second-order valence-electron chi connectivity index (χ2n) is 10.8. The molecule has 1 fully saturated rings. The lowest BCUT2D eigenvalue weighted by Crippen LogP contribution is -2.51. The topological polar surface area (TPSA) is 105 Å². The van der Waals surface area contributed by atoms with Gasteiger partial charge in [-0.3, -0.25) is 13.9 Å². The number of carbonyl (C=O) groups excluding carboxylic acids is 2. The summed E-state index contributed by atoms with van der Waals surface area (Å²) in [5.74, 6) is 0.589. The van der Waals surface area contributed by atoms with Gasteiger partial charge in [-0.1, -0.05) is 55.5 Å². The lowest BCUT2D eigenvalue weighted by Gasteiger charge is -2.33. The summed E-state index contributed by atoms with van der Waals surface area (Å²) >= 11 is 12.6. The summed E-state index contributed by atoms with van der Waals surface area (Å²) in [6.45, 7) is 2.89. The number of nitrogens with zero attached hydrogens (tertiary/aromatic N) is 2. The number of ether oxygens (including phenoxy) is 2. The van der Waals surface area contributed by atoms with Gasteiger partial charge in [0, 0.05) is 41.7 Å². The fourth-order valence-electron chi connectivity index (χ4n) is 5.49. The zero-order valence-electron chi connectivity index (χ0n) is 24.1. The average Bonchev–Trinajstić information content (AvgIpc) is 2.96. The molecule has 0 radical (unpaired) electrons. The van der Waals surface area contributed by atoms with E-state index in [2.05, 4.69) is 5.32 Å². The molecular weight excluding hydrogens is 601 g/mol. The number of anilines is 1. The van der Waals surface area contributed by atoms with Crippen molar-refractivity contribution >= 4 is 50.7 Å². The minimum atomic E-state index is -3.65. The Labute approximate surface area is 258 Å². The Kier molecular flexibility index (Phi) is 11.3. The van der Waals surface area contributed by atoms with Crippen molar-refractivity contribution in [3.8, 4) is 11.5 Å². The van der Waals surface area contributed by atoms with Gasteiger partial charge in [-0.2, -0.15) is 0 Å². The number of fused-ring (bicyclic) bond motifs is 1. The first-order chi connectivity index (χ1) is 20.1. The summed E-state index contributed by atoms with van der Waals surface area (Å²) < 4.78 is 37.9. The zero-order valence-corrected chi connectivity index (χ0v) is 26.4. The monoisotopic (exact) mass is 639 g/mol. The molecule has 1 aliphatic heterocycles. The van der Waals surface area contributed by atoms with Crippen molar-refractivity contribution in [2.45, 2.75) is 76.9 Å². The molecule has 2 aromatic carbocycles. The van der Waals surface area contributed by atoms with E-state index < -0.39 is 16.1 Å². The number of rotatable bonds is 12. The van der Waals surface area contributed by atoms with E-state index in [4.69, 9.17) is 32.7 Å². The molecule has 12 heteroatoms. The summed E-state index contributed by atoms with van der Waals surface area (Å²) in [4.78, 5) is 28.8. The molecular formula is C30H39Cl2N3O6S. The Morgan fingerprint density at radius 3 is 2.40 bits per heavy atom. The van der Waals surface area contributed by atoms with E-state index in [1.54, 1.807) is 41.3 Å². The molecule has 1 unspecified atom stereocenters. The van der Waals surface area contributed by atoms with Crippen molar-refractivity contribution in [3.05, 3.63) is 52.0 Å². The van der Waals surface area contributed by atoms with E-state index in [-0.39, 0.29) is 43.8 Å². The van der Waals surface area contributed by atoms with Crippen molar-refractivity contribution in [2.24, 2.45) is 0 Å². The van der Waals surface area contributed by atoms with E-state index >= 15 is 0 Å². The van der Waals surface area contributed by atoms with Crippen LogP contribution in [0.2, 0.25) is 10.0 Å². The highest BCUT2D eigenvalue weighted by molar-refractivity contribution is 7.92. The number of benzene rings is 2. The molecule has 1 aliphatic carbocycles. The fourth-order valence-corrected chi connectivity index (χ4v) is 6.91. The number of hydrogen-bond acceptors (Lipinski definition) is 6. The molecule has 0 aromatic heterocycles.